The van der Waals surface area contributed by atoms with Gasteiger partial charge in [-0.05, 0) is 31.2 Å². The summed E-state index contributed by atoms with van der Waals surface area (Å²) >= 11 is 0. The van der Waals surface area contributed by atoms with Gasteiger partial charge in [-0.2, -0.15) is 26.3 Å². The smallest absolute Gasteiger partial charge is 0.441 e. The third kappa shape index (κ3) is 4.84. The minimum absolute atomic E-state index is 0.249. The molecular weight excluding hydrogens is 418 g/mol. The minimum Gasteiger partial charge on any atom is -0.463 e. The normalized spacial score (nSPS) is 13.8. The predicted molar refractivity (Wildman–Crippen MR) is 94.4 cm³/mol. The molecule has 2 N–H and O–H groups in total. The monoisotopic (exact) mass is 434 g/mol. The van der Waals surface area contributed by atoms with Crippen LogP contribution in [0, 0.1) is 0 Å². The fraction of sp³-hybridized carbons (Fsp3) is 0.263. The van der Waals surface area contributed by atoms with Gasteiger partial charge in [0.1, 0.15) is 0 Å². The van der Waals surface area contributed by atoms with Crippen LogP contribution in [0.25, 0.3) is 0 Å². The molecule has 0 bridgehead atoms. The molecule has 5 nitrogen and oxygen atoms in total. The van der Waals surface area contributed by atoms with Crippen molar-refractivity contribution in [2.75, 3.05) is 11.9 Å². The number of anilines is 1. The van der Waals surface area contributed by atoms with Crippen LogP contribution in [-0.4, -0.2) is 30.3 Å². The highest BCUT2D eigenvalue weighted by atomic mass is 19.4. The van der Waals surface area contributed by atoms with Gasteiger partial charge in [0.25, 0.3) is 5.91 Å². The molecule has 0 radical (unpaired) electrons. The maximum atomic E-state index is 14.1. The quantitative estimate of drug-likeness (QED) is 0.403. The number of rotatable bonds is 6. The Labute approximate surface area is 167 Å². The Morgan fingerprint density at radius 2 is 1.47 bits per heavy atom. The number of halogens is 6. The summed E-state index contributed by atoms with van der Waals surface area (Å²) in [6.07, 6.45) is -10.6. The van der Waals surface area contributed by atoms with Gasteiger partial charge in [0, 0.05) is 11.3 Å². The van der Waals surface area contributed by atoms with Crippen LogP contribution in [0.3, 0.4) is 0 Å². The maximum absolute atomic E-state index is 14.1. The lowest BCUT2D eigenvalue weighted by molar-refractivity contribution is -0.204. The third-order valence-electron chi connectivity index (χ3n) is 3.90. The van der Waals surface area contributed by atoms with Crippen LogP contribution in [0.1, 0.15) is 22.8 Å². The van der Waals surface area contributed by atoms with Crippen molar-refractivity contribution < 1.29 is 40.7 Å². The Morgan fingerprint density at radius 3 is 2.00 bits per heavy atom. The van der Waals surface area contributed by atoms with Crippen LogP contribution in [0.15, 0.2) is 54.6 Å². The zero-order valence-electron chi connectivity index (χ0n) is 15.4. The summed E-state index contributed by atoms with van der Waals surface area (Å²) in [5, 5.41) is 3.02. The van der Waals surface area contributed by atoms with Crippen molar-refractivity contribution in [1.82, 2.24) is 5.32 Å². The Kier molecular flexibility index (Phi) is 6.63. The number of para-hydroxylation sites is 1. The lowest BCUT2D eigenvalue weighted by Gasteiger charge is -2.36. The summed E-state index contributed by atoms with van der Waals surface area (Å²) < 4.78 is 86.5. The number of hydrogen-bond acceptors (Lipinski definition) is 4. The Hall–Kier alpha value is -3.24. The summed E-state index contributed by atoms with van der Waals surface area (Å²) in [5.41, 5.74) is -6.75. The number of alkyl halides is 6. The molecule has 30 heavy (non-hydrogen) atoms. The van der Waals surface area contributed by atoms with Gasteiger partial charge < -0.3 is 15.4 Å². The van der Waals surface area contributed by atoms with E-state index in [2.05, 4.69) is 4.74 Å². The molecule has 162 valence electrons. The molecule has 2 aromatic rings. The number of amides is 1. The highest BCUT2D eigenvalue weighted by molar-refractivity contribution is 5.99. The molecule has 2 aromatic carbocycles. The number of ether oxygens (including phenoxy) is 1. The van der Waals surface area contributed by atoms with Gasteiger partial charge in [0.15, 0.2) is 0 Å². The van der Waals surface area contributed by atoms with E-state index >= 15 is 0 Å². The standard InChI is InChI=1S/C19H16F6N2O3/c1-2-30-16(29)17(19(23,24)25,27-15(28)12-8-4-3-5-9-12)26-14-11-7-6-10-13(14)18(20,21)22/h3-11,26H,2H2,1H3,(H,27,28)/t17-/m0/s1. The number of carbonyl (C=O) groups excluding carboxylic acids is 2. The number of esters is 1. The number of benzene rings is 2. The largest absolute Gasteiger partial charge is 0.463 e. The molecule has 0 heterocycles. The number of carbonyl (C=O) groups is 2. The molecule has 0 saturated heterocycles. The molecule has 0 unspecified atom stereocenters. The van der Waals surface area contributed by atoms with E-state index in [4.69, 9.17) is 0 Å². The van der Waals surface area contributed by atoms with E-state index < -0.39 is 47.7 Å². The average Bonchev–Trinajstić information content (AvgIpc) is 2.67. The summed E-state index contributed by atoms with van der Waals surface area (Å²) in [5.74, 6) is -3.36. The van der Waals surface area contributed by atoms with E-state index in [0.29, 0.717) is 12.1 Å². The predicted octanol–water partition coefficient (Wildman–Crippen LogP) is 4.37. The first-order valence-electron chi connectivity index (χ1n) is 8.48. The van der Waals surface area contributed by atoms with Crippen molar-refractivity contribution in [3.8, 4) is 0 Å². The SMILES string of the molecule is CCOC(=O)[C@@](NC(=O)c1ccccc1)(Nc1ccccc1C(F)(F)F)C(F)(F)F. The molecule has 2 rings (SSSR count). The van der Waals surface area contributed by atoms with Gasteiger partial charge in [-0.15, -0.1) is 0 Å². The second kappa shape index (κ2) is 8.64. The van der Waals surface area contributed by atoms with E-state index in [1.54, 1.807) is 5.32 Å². The fourth-order valence-corrected chi connectivity index (χ4v) is 2.50. The lowest BCUT2D eigenvalue weighted by Crippen LogP contribution is -2.69. The van der Waals surface area contributed by atoms with Crippen molar-refractivity contribution in [3.63, 3.8) is 0 Å². The van der Waals surface area contributed by atoms with Crippen molar-refractivity contribution in [2.45, 2.75) is 24.9 Å². The van der Waals surface area contributed by atoms with Crippen LogP contribution in [0.2, 0.25) is 0 Å². The van der Waals surface area contributed by atoms with Gasteiger partial charge in [-0.25, -0.2) is 4.79 Å². The Morgan fingerprint density at radius 1 is 0.900 bits per heavy atom. The van der Waals surface area contributed by atoms with E-state index in [9.17, 15) is 35.9 Å². The second-order valence-corrected chi connectivity index (χ2v) is 5.96. The molecule has 11 heteroatoms. The second-order valence-electron chi connectivity index (χ2n) is 5.96. The zero-order valence-corrected chi connectivity index (χ0v) is 15.4. The molecular formula is C19H16F6N2O3. The molecule has 0 saturated carbocycles. The molecule has 0 aliphatic heterocycles. The van der Waals surface area contributed by atoms with Gasteiger partial charge in [-0.3, -0.25) is 4.79 Å². The van der Waals surface area contributed by atoms with Crippen LogP contribution in [0.4, 0.5) is 32.0 Å². The van der Waals surface area contributed by atoms with E-state index in [-0.39, 0.29) is 5.56 Å². The summed E-state index contributed by atoms with van der Waals surface area (Å²) in [6.45, 7) is 0.697. The fourth-order valence-electron chi connectivity index (χ4n) is 2.50. The maximum Gasteiger partial charge on any atom is 0.441 e. The molecule has 0 spiro atoms. The molecule has 1 amide bonds. The number of nitrogens with one attached hydrogen (secondary N) is 2. The van der Waals surface area contributed by atoms with Gasteiger partial charge in [-0.1, -0.05) is 30.3 Å². The topological polar surface area (TPSA) is 67.4 Å². The summed E-state index contributed by atoms with van der Waals surface area (Å²) in [6, 6.07) is 9.82. The van der Waals surface area contributed by atoms with Gasteiger partial charge in [0.05, 0.1) is 12.2 Å². The zero-order chi connectivity index (χ0) is 22.6. The van der Waals surface area contributed by atoms with Crippen LogP contribution in [0.5, 0.6) is 0 Å². The van der Waals surface area contributed by atoms with Crippen molar-refractivity contribution >= 4 is 17.6 Å². The van der Waals surface area contributed by atoms with E-state index in [1.807, 2.05) is 0 Å². The van der Waals surface area contributed by atoms with Gasteiger partial charge in [0.2, 0.25) is 0 Å². The molecule has 0 aliphatic carbocycles. The van der Waals surface area contributed by atoms with Crippen LogP contribution in [-0.2, 0) is 15.7 Å². The first-order valence-corrected chi connectivity index (χ1v) is 8.48. The molecule has 0 fully saturated rings. The molecule has 1 atom stereocenters. The van der Waals surface area contributed by atoms with Crippen LogP contribution < -0.4 is 10.6 Å². The lowest BCUT2D eigenvalue weighted by atomic mass is 10.1. The minimum atomic E-state index is -5.57. The van der Waals surface area contributed by atoms with Gasteiger partial charge >= 0.3 is 24.0 Å². The highest BCUT2D eigenvalue weighted by Crippen LogP contribution is 2.39. The Balaban J connectivity index is 2.61. The van der Waals surface area contributed by atoms with Crippen molar-refractivity contribution in [2.24, 2.45) is 0 Å². The Bertz CT molecular complexity index is 899. The van der Waals surface area contributed by atoms with Crippen LogP contribution >= 0.6 is 0 Å². The molecule has 0 aromatic heterocycles. The highest BCUT2D eigenvalue weighted by Gasteiger charge is 2.64. The third-order valence-corrected chi connectivity index (χ3v) is 3.90. The molecule has 0 aliphatic rings. The summed E-state index contributed by atoms with van der Waals surface area (Å²) in [4.78, 5) is 24.7. The number of hydrogen-bond donors (Lipinski definition) is 2. The van der Waals surface area contributed by atoms with Crippen molar-refractivity contribution in [1.29, 1.82) is 0 Å². The average molecular weight is 434 g/mol. The summed E-state index contributed by atoms with van der Waals surface area (Å²) in [7, 11) is 0. The first kappa shape index (κ1) is 23.0. The first-order chi connectivity index (χ1) is 13.9. The van der Waals surface area contributed by atoms with E-state index in [0.717, 1.165) is 12.1 Å². The van der Waals surface area contributed by atoms with Crippen molar-refractivity contribution in [3.05, 3.63) is 65.7 Å². The van der Waals surface area contributed by atoms with E-state index in [1.165, 1.54) is 42.6 Å².